The lowest BCUT2D eigenvalue weighted by Gasteiger charge is -1.94. The Morgan fingerprint density at radius 3 is 2.92 bits per heavy atom. The van der Waals surface area contributed by atoms with Gasteiger partial charge in [0, 0.05) is 6.42 Å². The second-order valence-electron chi connectivity index (χ2n) is 2.57. The van der Waals surface area contributed by atoms with Gasteiger partial charge in [-0.3, -0.25) is 5.10 Å². The van der Waals surface area contributed by atoms with Gasteiger partial charge in [0.2, 0.25) is 5.82 Å². The third kappa shape index (κ3) is 2.54. The van der Waals surface area contributed by atoms with Crippen LogP contribution in [0.2, 0.25) is 0 Å². The zero-order valence-corrected chi connectivity index (χ0v) is 7.83. The summed E-state index contributed by atoms with van der Waals surface area (Å²) in [5.74, 6) is 0.396. The number of aromatic nitrogens is 3. The Morgan fingerprint density at radius 1 is 1.54 bits per heavy atom. The van der Waals surface area contributed by atoms with Crippen molar-refractivity contribution in [3.63, 3.8) is 0 Å². The maximum absolute atomic E-state index is 11.1. The molecule has 0 aliphatic rings. The van der Waals surface area contributed by atoms with Crippen LogP contribution in [0.4, 0.5) is 0 Å². The minimum atomic E-state index is -0.447. The summed E-state index contributed by atoms with van der Waals surface area (Å²) < 4.78 is 4.75. The zero-order chi connectivity index (χ0) is 9.68. The molecule has 0 aliphatic heterocycles. The third-order valence-corrected chi connectivity index (χ3v) is 1.47. The van der Waals surface area contributed by atoms with E-state index in [4.69, 9.17) is 4.74 Å². The van der Waals surface area contributed by atoms with E-state index in [1.165, 1.54) is 0 Å². The molecule has 72 valence electrons. The van der Waals surface area contributed by atoms with E-state index in [9.17, 15) is 4.79 Å². The molecule has 0 aliphatic carbocycles. The lowest BCUT2D eigenvalue weighted by molar-refractivity contribution is 0.0512. The topological polar surface area (TPSA) is 67.9 Å². The number of H-pyrrole nitrogens is 1. The highest BCUT2D eigenvalue weighted by molar-refractivity contribution is 5.84. The van der Waals surface area contributed by atoms with Gasteiger partial charge < -0.3 is 4.74 Å². The van der Waals surface area contributed by atoms with Gasteiger partial charge in [0.25, 0.3) is 0 Å². The lowest BCUT2D eigenvalue weighted by Crippen LogP contribution is -2.06. The second-order valence-corrected chi connectivity index (χ2v) is 2.57. The Labute approximate surface area is 76.5 Å². The van der Waals surface area contributed by atoms with Gasteiger partial charge in [-0.05, 0) is 13.3 Å². The van der Waals surface area contributed by atoms with Gasteiger partial charge in [-0.25, -0.2) is 9.78 Å². The molecule has 0 unspecified atom stereocenters. The highest BCUT2D eigenvalue weighted by Gasteiger charge is 2.11. The minimum Gasteiger partial charge on any atom is -0.460 e. The summed E-state index contributed by atoms with van der Waals surface area (Å²) in [7, 11) is 0. The van der Waals surface area contributed by atoms with E-state index in [-0.39, 0.29) is 5.82 Å². The first kappa shape index (κ1) is 9.70. The van der Waals surface area contributed by atoms with Crippen molar-refractivity contribution in [2.45, 2.75) is 26.7 Å². The second kappa shape index (κ2) is 4.59. The van der Waals surface area contributed by atoms with Crippen LogP contribution < -0.4 is 0 Å². The van der Waals surface area contributed by atoms with Gasteiger partial charge in [0.15, 0.2) is 5.82 Å². The molecule has 0 bridgehead atoms. The molecule has 1 aromatic rings. The molecule has 5 nitrogen and oxygen atoms in total. The fraction of sp³-hybridized carbons (Fsp3) is 0.625. The fourth-order valence-corrected chi connectivity index (χ4v) is 0.923. The van der Waals surface area contributed by atoms with E-state index in [1.807, 2.05) is 6.92 Å². The number of nitrogens with zero attached hydrogens (tertiary/aromatic N) is 2. The number of hydrogen-bond acceptors (Lipinski definition) is 4. The van der Waals surface area contributed by atoms with Crippen LogP contribution in [0.1, 0.15) is 36.7 Å². The minimum absolute atomic E-state index is 0.185. The molecular formula is C8H13N3O2. The number of carbonyl (C=O) groups is 1. The molecule has 0 aromatic carbocycles. The van der Waals surface area contributed by atoms with Crippen LogP contribution in [-0.4, -0.2) is 27.8 Å². The Morgan fingerprint density at radius 2 is 2.31 bits per heavy atom. The maximum Gasteiger partial charge on any atom is 0.375 e. The van der Waals surface area contributed by atoms with Crippen molar-refractivity contribution >= 4 is 5.97 Å². The SMILES string of the molecule is CCCc1n[nH]c(C(=O)OCC)n1. The third-order valence-electron chi connectivity index (χ3n) is 1.47. The molecule has 0 amide bonds. The molecule has 13 heavy (non-hydrogen) atoms. The number of carbonyl (C=O) groups excluding carboxylic acids is 1. The van der Waals surface area contributed by atoms with Crippen molar-refractivity contribution in [1.82, 2.24) is 15.2 Å². The molecular weight excluding hydrogens is 170 g/mol. The molecule has 1 N–H and O–H groups in total. The Kier molecular flexibility index (Phi) is 3.42. The van der Waals surface area contributed by atoms with Crippen LogP contribution in [0, 0.1) is 0 Å². The highest BCUT2D eigenvalue weighted by Crippen LogP contribution is 1.98. The zero-order valence-electron chi connectivity index (χ0n) is 7.83. The van der Waals surface area contributed by atoms with Crippen LogP contribution in [0.3, 0.4) is 0 Å². The number of aromatic amines is 1. The summed E-state index contributed by atoms with van der Waals surface area (Å²) in [6.45, 7) is 4.13. The van der Waals surface area contributed by atoms with Crippen LogP contribution in [0.15, 0.2) is 0 Å². The van der Waals surface area contributed by atoms with Gasteiger partial charge in [0.1, 0.15) is 0 Å². The average Bonchev–Trinajstić information content (AvgIpc) is 2.54. The van der Waals surface area contributed by atoms with E-state index in [1.54, 1.807) is 6.92 Å². The van der Waals surface area contributed by atoms with E-state index in [0.717, 1.165) is 12.8 Å². The van der Waals surface area contributed by atoms with Gasteiger partial charge in [-0.1, -0.05) is 6.92 Å². The van der Waals surface area contributed by atoms with Crippen molar-refractivity contribution in [2.24, 2.45) is 0 Å². The van der Waals surface area contributed by atoms with Crippen molar-refractivity contribution in [1.29, 1.82) is 0 Å². The highest BCUT2D eigenvalue weighted by atomic mass is 16.5. The van der Waals surface area contributed by atoms with Crippen molar-refractivity contribution in [2.75, 3.05) is 6.61 Å². The normalized spacial score (nSPS) is 10.0. The van der Waals surface area contributed by atoms with E-state index in [2.05, 4.69) is 15.2 Å². The standard InChI is InChI=1S/C8H13N3O2/c1-3-5-6-9-7(11-10-6)8(12)13-4-2/h3-5H2,1-2H3,(H,9,10,11). The van der Waals surface area contributed by atoms with Crippen LogP contribution >= 0.6 is 0 Å². The van der Waals surface area contributed by atoms with Crippen molar-refractivity contribution < 1.29 is 9.53 Å². The molecule has 0 spiro atoms. The molecule has 1 aromatic heterocycles. The Hall–Kier alpha value is -1.39. The molecule has 0 saturated carbocycles. The molecule has 0 radical (unpaired) electrons. The first-order valence-electron chi connectivity index (χ1n) is 4.36. The van der Waals surface area contributed by atoms with Crippen molar-refractivity contribution in [3.05, 3.63) is 11.6 Å². The maximum atomic E-state index is 11.1. The first-order valence-corrected chi connectivity index (χ1v) is 4.36. The molecule has 0 saturated heterocycles. The largest absolute Gasteiger partial charge is 0.460 e. The number of aryl methyl sites for hydroxylation is 1. The smallest absolute Gasteiger partial charge is 0.375 e. The van der Waals surface area contributed by atoms with E-state index < -0.39 is 5.97 Å². The summed E-state index contributed by atoms with van der Waals surface area (Å²) in [5, 5.41) is 6.41. The Balaban J connectivity index is 2.62. The predicted molar refractivity (Wildman–Crippen MR) is 46.3 cm³/mol. The van der Waals surface area contributed by atoms with Crippen molar-refractivity contribution in [3.8, 4) is 0 Å². The molecule has 5 heteroatoms. The number of esters is 1. The summed E-state index contributed by atoms with van der Waals surface area (Å²) in [6.07, 6.45) is 1.73. The summed E-state index contributed by atoms with van der Waals surface area (Å²) in [4.78, 5) is 15.1. The fourth-order valence-electron chi connectivity index (χ4n) is 0.923. The van der Waals surface area contributed by atoms with Gasteiger partial charge in [0.05, 0.1) is 6.61 Å². The van der Waals surface area contributed by atoms with Crippen LogP contribution in [0.5, 0.6) is 0 Å². The Bertz CT molecular complexity index is 283. The van der Waals surface area contributed by atoms with Gasteiger partial charge in [-0.15, -0.1) is 0 Å². The molecule has 1 rings (SSSR count). The number of ether oxygens (including phenoxy) is 1. The van der Waals surface area contributed by atoms with Gasteiger partial charge in [-0.2, -0.15) is 5.10 Å². The summed E-state index contributed by atoms with van der Waals surface area (Å²) in [6, 6.07) is 0. The monoisotopic (exact) mass is 183 g/mol. The number of hydrogen-bond donors (Lipinski definition) is 1. The average molecular weight is 183 g/mol. The number of nitrogens with one attached hydrogen (secondary N) is 1. The molecule has 0 atom stereocenters. The van der Waals surface area contributed by atoms with Crippen LogP contribution in [-0.2, 0) is 11.2 Å². The van der Waals surface area contributed by atoms with Gasteiger partial charge >= 0.3 is 5.97 Å². The molecule has 0 fully saturated rings. The quantitative estimate of drug-likeness (QED) is 0.705. The summed E-state index contributed by atoms with van der Waals surface area (Å²) >= 11 is 0. The summed E-state index contributed by atoms with van der Waals surface area (Å²) in [5.41, 5.74) is 0. The molecule has 1 heterocycles. The number of rotatable bonds is 4. The predicted octanol–water partition coefficient (Wildman–Crippen LogP) is 0.934. The van der Waals surface area contributed by atoms with E-state index >= 15 is 0 Å². The lowest BCUT2D eigenvalue weighted by atomic mass is 10.3. The van der Waals surface area contributed by atoms with Crippen LogP contribution in [0.25, 0.3) is 0 Å². The van der Waals surface area contributed by atoms with E-state index in [0.29, 0.717) is 12.4 Å². The first-order chi connectivity index (χ1) is 6.27.